The average Bonchev–Trinajstić information content (AvgIpc) is 3.04. The number of carbonyl (C=O) groups is 4. The Morgan fingerprint density at radius 3 is 2.27 bits per heavy atom. The fourth-order valence-electron chi connectivity index (χ4n) is 2.90. The van der Waals surface area contributed by atoms with E-state index in [1.54, 1.807) is 38.1 Å². The van der Waals surface area contributed by atoms with E-state index in [0.29, 0.717) is 22.6 Å². The maximum absolute atomic E-state index is 12.6. The highest BCUT2D eigenvalue weighted by atomic mass is 16.5. The van der Waals surface area contributed by atoms with Crippen LogP contribution < -0.4 is 10.1 Å². The number of amides is 1. The molecule has 0 saturated heterocycles. The molecule has 9 nitrogen and oxygen atoms in total. The lowest BCUT2D eigenvalue weighted by Crippen LogP contribution is -2.34. The molecule has 30 heavy (non-hydrogen) atoms. The molecule has 2 aromatic rings. The summed E-state index contributed by atoms with van der Waals surface area (Å²) in [7, 11) is 2.76. The van der Waals surface area contributed by atoms with Gasteiger partial charge in [-0.1, -0.05) is 0 Å². The summed E-state index contributed by atoms with van der Waals surface area (Å²) in [5.41, 5.74) is 1.68. The summed E-state index contributed by atoms with van der Waals surface area (Å²) in [6.45, 7) is 4.26. The number of rotatable bonds is 8. The summed E-state index contributed by atoms with van der Waals surface area (Å²) in [5, 5.41) is 2.43. The topological polar surface area (TPSA) is 124 Å². The number of hydrogen-bond donors (Lipinski definition) is 2. The van der Waals surface area contributed by atoms with Crippen LogP contribution >= 0.6 is 0 Å². The van der Waals surface area contributed by atoms with Gasteiger partial charge in [0.25, 0.3) is 5.91 Å². The van der Waals surface area contributed by atoms with Gasteiger partial charge in [0, 0.05) is 11.3 Å². The first-order valence-corrected chi connectivity index (χ1v) is 9.13. The largest absolute Gasteiger partial charge is 0.497 e. The highest BCUT2D eigenvalue weighted by molar-refractivity contribution is 6.04. The lowest BCUT2D eigenvalue weighted by Gasteiger charge is -2.13. The highest BCUT2D eigenvalue weighted by Crippen LogP contribution is 2.20. The number of H-pyrrole nitrogens is 1. The second kappa shape index (κ2) is 9.73. The fourth-order valence-corrected chi connectivity index (χ4v) is 2.90. The van der Waals surface area contributed by atoms with Crippen molar-refractivity contribution in [2.75, 3.05) is 20.8 Å². The van der Waals surface area contributed by atoms with Gasteiger partial charge in [-0.2, -0.15) is 0 Å². The van der Waals surface area contributed by atoms with E-state index in [1.807, 2.05) is 0 Å². The summed E-state index contributed by atoms with van der Waals surface area (Å²) in [5.74, 6) is -1.70. The predicted molar refractivity (Wildman–Crippen MR) is 107 cm³/mol. The number of esters is 2. The summed E-state index contributed by atoms with van der Waals surface area (Å²) in [4.78, 5) is 51.5. The Balaban J connectivity index is 1.96. The van der Waals surface area contributed by atoms with E-state index in [1.165, 1.54) is 21.1 Å². The zero-order chi connectivity index (χ0) is 22.4. The Morgan fingerprint density at radius 1 is 1.07 bits per heavy atom. The van der Waals surface area contributed by atoms with Crippen LogP contribution in [0.2, 0.25) is 0 Å². The normalized spacial score (nSPS) is 11.4. The highest BCUT2D eigenvalue weighted by Gasteiger charge is 2.27. The maximum atomic E-state index is 12.6. The minimum Gasteiger partial charge on any atom is -0.497 e. The van der Waals surface area contributed by atoms with E-state index in [2.05, 4.69) is 10.3 Å². The first-order chi connectivity index (χ1) is 14.2. The fraction of sp³-hybridized carbons (Fsp3) is 0.333. The molecular formula is C21H24N2O7. The number of benzene rings is 1. The van der Waals surface area contributed by atoms with Crippen molar-refractivity contribution in [1.82, 2.24) is 10.3 Å². The SMILES string of the molecule is COC(=O)c1c(C)[nH]c(C(=O)C(C)OC(=O)CNC(=O)c2ccc(OC)cc2)c1C. The van der Waals surface area contributed by atoms with Crippen LogP contribution in [0, 0.1) is 13.8 Å². The van der Waals surface area contributed by atoms with Crippen LogP contribution in [0.15, 0.2) is 24.3 Å². The number of methoxy groups -OCH3 is 2. The van der Waals surface area contributed by atoms with Crippen LogP contribution in [-0.2, 0) is 14.3 Å². The van der Waals surface area contributed by atoms with E-state index in [0.717, 1.165) is 0 Å². The number of Topliss-reactive ketones (excluding diaryl/α,β-unsaturated/α-hetero) is 1. The molecule has 1 unspecified atom stereocenters. The molecule has 160 valence electrons. The van der Waals surface area contributed by atoms with E-state index in [-0.39, 0.29) is 11.3 Å². The molecule has 9 heteroatoms. The summed E-state index contributed by atoms with van der Waals surface area (Å²) in [6.07, 6.45) is -1.11. The average molecular weight is 416 g/mol. The lowest BCUT2D eigenvalue weighted by atomic mass is 10.1. The molecule has 0 saturated carbocycles. The van der Waals surface area contributed by atoms with Crippen LogP contribution in [0.5, 0.6) is 5.75 Å². The zero-order valence-electron chi connectivity index (χ0n) is 17.5. The van der Waals surface area contributed by atoms with Gasteiger partial charge in [0.05, 0.1) is 25.5 Å². The van der Waals surface area contributed by atoms with Crippen molar-refractivity contribution in [2.24, 2.45) is 0 Å². The number of ketones is 1. The van der Waals surface area contributed by atoms with E-state index in [9.17, 15) is 19.2 Å². The number of aromatic nitrogens is 1. The van der Waals surface area contributed by atoms with Crippen molar-refractivity contribution in [3.63, 3.8) is 0 Å². The van der Waals surface area contributed by atoms with Gasteiger partial charge in [0.2, 0.25) is 5.78 Å². The third-order valence-electron chi connectivity index (χ3n) is 4.50. The van der Waals surface area contributed by atoms with E-state index in [4.69, 9.17) is 14.2 Å². The molecule has 0 aliphatic rings. The Bertz CT molecular complexity index is 960. The second-order valence-corrected chi connectivity index (χ2v) is 6.52. The van der Waals surface area contributed by atoms with Gasteiger partial charge in [0.1, 0.15) is 12.3 Å². The van der Waals surface area contributed by atoms with Gasteiger partial charge in [-0.25, -0.2) is 4.79 Å². The van der Waals surface area contributed by atoms with Crippen molar-refractivity contribution in [3.8, 4) is 5.75 Å². The molecule has 0 bridgehead atoms. The molecule has 0 radical (unpaired) electrons. The first-order valence-electron chi connectivity index (χ1n) is 9.13. The molecule has 1 amide bonds. The number of aryl methyl sites for hydroxylation is 1. The summed E-state index contributed by atoms with van der Waals surface area (Å²) >= 11 is 0. The Kier molecular flexibility index (Phi) is 7.35. The molecule has 1 aromatic carbocycles. The van der Waals surface area contributed by atoms with E-state index >= 15 is 0 Å². The number of nitrogens with one attached hydrogen (secondary N) is 2. The number of ether oxygens (including phenoxy) is 3. The molecular weight excluding hydrogens is 392 g/mol. The molecule has 2 rings (SSSR count). The van der Waals surface area contributed by atoms with Crippen molar-refractivity contribution in [3.05, 3.63) is 52.3 Å². The minimum atomic E-state index is -1.11. The van der Waals surface area contributed by atoms with Crippen molar-refractivity contribution in [1.29, 1.82) is 0 Å². The molecule has 1 aromatic heterocycles. The summed E-state index contributed by atoms with van der Waals surface area (Å²) in [6, 6.07) is 6.36. The van der Waals surface area contributed by atoms with Crippen molar-refractivity contribution < 1.29 is 33.4 Å². The second-order valence-electron chi connectivity index (χ2n) is 6.52. The standard InChI is InChI=1S/C21H24N2O7/c1-11-17(21(27)29-5)12(2)23-18(11)19(25)13(3)30-16(24)10-22-20(26)14-6-8-15(28-4)9-7-14/h6-9,13,23H,10H2,1-5H3,(H,22,26). The third kappa shape index (κ3) is 5.05. The van der Waals surface area contributed by atoms with Gasteiger partial charge < -0.3 is 24.5 Å². The van der Waals surface area contributed by atoms with E-state index < -0.39 is 36.3 Å². The van der Waals surface area contributed by atoms with Gasteiger partial charge in [0.15, 0.2) is 6.10 Å². The minimum absolute atomic E-state index is 0.162. The lowest BCUT2D eigenvalue weighted by molar-refractivity contribution is -0.145. The van der Waals surface area contributed by atoms with Gasteiger partial charge in [-0.05, 0) is 50.6 Å². The van der Waals surface area contributed by atoms with Crippen LogP contribution in [0.1, 0.15) is 49.4 Å². The van der Waals surface area contributed by atoms with Gasteiger partial charge >= 0.3 is 11.9 Å². The molecule has 0 aliphatic heterocycles. The Hall–Kier alpha value is -3.62. The number of hydrogen-bond acceptors (Lipinski definition) is 7. The molecule has 0 aliphatic carbocycles. The van der Waals surface area contributed by atoms with Gasteiger partial charge in [-0.15, -0.1) is 0 Å². The van der Waals surface area contributed by atoms with Crippen LogP contribution in [-0.4, -0.2) is 55.5 Å². The molecule has 1 heterocycles. The summed E-state index contributed by atoms with van der Waals surface area (Å²) < 4.78 is 14.9. The quantitative estimate of drug-likeness (QED) is 0.498. The zero-order valence-corrected chi connectivity index (χ0v) is 17.5. The molecule has 0 spiro atoms. The monoisotopic (exact) mass is 416 g/mol. The van der Waals surface area contributed by atoms with Crippen LogP contribution in [0.3, 0.4) is 0 Å². The van der Waals surface area contributed by atoms with Gasteiger partial charge in [-0.3, -0.25) is 14.4 Å². The third-order valence-corrected chi connectivity index (χ3v) is 4.50. The van der Waals surface area contributed by atoms with Crippen molar-refractivity contribution in [2.45, 2.75) is 26.9 Å². The van der Waals surface area contributed by atoms with Crippen molar-refractivity contribution >= 4 is 23.6 Å². The molecule has 0 fully saturated rings. The smallest absolute Gasteiger partial charge is 0.339 e. The Morgan fingerprint density at radius 2 is 1.70 bits per heavy atom. The predicted octanol–water partition coefficient (Wildman–Crippen LogP) is 1.97. The van der Waals surface area contributed by atoms with Crippen LogP contribution in [0.25, 0.3) is 0 Å². The Labute approximate surface area is 173 Å². The maximum Gasteiger partial charge on any atom is 0.339 e. The molecule has 1 atom stereocenters. The molecule has 2 N–H and O–H groups in total. The van der Waals surface area contributed by atoms with Crippen LogP contribution in [0.4, 0.5) is 0 Å². The number of carbonyl (C=O) groups excluding carboxylic acids is 4. The first kappa shape index (κ1) is 22.7. The number of aromatic amines is 1.